The van der Waals surface area contributed by atoms with Crippen molar-refractivity contribution in [3.8, 4) is 0 Å². The van der Waals surface area contributed by atoms with Crippen molar-refractivity contribution in [3.05, 3.63) is 33.1 Å². The number of aromatic amines is 1. The highest BCUT2D eigenvalue weighted by molar-refractivity contribution is 5.76. The zero-order valence-corrected chi connectivity index (χ0v) is 14.1. The molecule has 23 heavy (non-hydrogen) atoms. The summed E-state index contributed by atoms with van der Waals surface area (Å²) in [6, 6.07) is 1.69. The summed E-state index contributed by atoms with van der Waals surface area (Å²) in [5.74, 6) is 0.573. The van der Waals surface area contributed by atoms with Gasteiger partial charge in [0.15, 0.2) is 0 Å². The van der Waals surface area contributed by atoms with Gasteiger partial charge >= 0.3 is 5.69 Å². The molecule has 0 aromatic carbocycles. The molecule has 0 bridgehead atoms. The standard InChI is InChI=1S/C16H26N4O3/c1-4-5-12-10-20(11-13(12)18(2)3)15(22)7-9-19-8-6-14(21)17-16(19)23/h6,8,12-13H,4-5,7,9-11H2,1-3H3,(H,17,21,23)/t12-,13-/m0/s1. The molecule has 1 aliphatic rings. The van der Waals surface area contributed by atoms with Crippen LogP contribution in [0.15, 0.2) is 21.9 Å². The van der Waals surface area contributed by atoms with Crippen LogP contribution in [0.1, 0.15) is 26.2 Å². The Hall–Kier alpha value is -1.89. The van der Waals surface area contributed by atoms with Crippen LogP contribution in [0.2, 0.25) is 0 Å². The van der Waals surface area contributed by atoms with Gasteiger partial charge in [0, 0.05) is 44.4 Å². The van der Waals surface area contributed by atoms with E-state index in [2.05, 4.69) is 30.9 Å². The van der Waals surface area contributed by atoms with E-state index in [1.807, 2.05) is 4.90 Å². The van der Waals surface area contributed by atoms with Crippen LogP contribution in [0.3, 0.4) is 0 Å². The predicted molar refractivity (Wildman–Crippen MR) is 88.4 cm³/mol. The van der Waals surface area contributed by atoms with Gasteiger partial charge in [-0.2, -0.15) is 0 Å². The molecule has 2 rings (SSSR count). The van der Waals surface area contributed by atoms with Crippen molar-refractivity contribution >= 4 is 5.91 Å². The lowest BCUT2D eigenvalue weighted by Gasteiger charge is -2.24. The Kier molecular flexibility index (Phi) is 5.76. The van der Waals surface area contributed by atoms with Gasteiger partial charge in [0.25, 0.3) is 5.56 Å². The van der Waals surface area contributed by atoms with Gasteiger partial charge in [-0.25, -0.2) is 4.79 Å². The summed E-state index contributed by atoms with van der Waals surface area (Å²) in [6.07, 6.45) is 3.93. The van der Waals surface area contributed by atoms with E-state index in [0.717, 1.165) is 25.9 Å². The minimum atomic E-state index is -0.471. The van der Waals surface area contributed by atoms with Crippen molar-refractivity contribution in [2.24, 2.45) is 5.92 Å². The molecule has 1 amide bonds. The van der Waals surface area contributed by atoms with Gasteiger partial charge < -0.3 is 14.4 Å². The van der Waals surface area contributed by atoms with Gasteiger partial charge in [-0.15, -0.1) is 0 Å². The number of rotatable bonds is 6. The Bertz CT molecular complexity index is 649. The van der Waals surface area contributed by atoms with Gasteiger partial charge in [-0.05, 0) is 26.4 Å². The normalized spacial score (nSPS) is 21.1. The number of nitrogens with one attached hydrogen (secondary N) is 1. The summed E-state index contributed by atoms with van der Waals surface area (Å²) < 4.78 is 1.36. The number of aryl methyl sites for hydroxylation is 1. The smallest absolute Gasteiger partial charge is 0.328 e. The van der Waals surface area contributed by atoms with E-state index in [0.29, 0.717) is 12.0 Å². The molecule has 1 saturated heterocycles. The monoisotopic (exact) mass is 322 g/mol. The SMILES string of the molecule is CCC[C@H]1CN(C(=O)CCn2ccc(=O)[nH]c2=O)C[C@@H]1N(C)C. The van der Waals surface area contributed by atoms with E-state index in [1.54, 1.807) is 0 Å². The summed E-state index contributed by atoms with van der Waals surface area (Å²) in [7, 11) is 4.11. The first-order valence-electron chi connectivity index (χ1n) is 8.16. The Labute approximate surface area is 135 Å². The van der Waals surface area contributed by atoms with Crippen LogP contribution < -0.4 is 11.2 Å². The number of amides is 1. The maximum Gasteiger partial charge on any atom is 0.328 e. The Morgan fingerprint density at radius 3 is 2.70 bits per heavy atom. The lowest BCUT2D eigenvalue weighted by molar-refractivity contribution is -0.130. The molecule has 1 N–H and O–H groups in total. The number of nitrogens with zero attached hydrogens (tertiary/aromatic N) is 3. The average Bonchev–Trinajstić information content (AvgIpc) is 2.91. The number of carbonyl (C=O) groups excluding carboxylic acids is 1. The average molecular weight is 322 g/mol. The molecule has 0 saturated carbocycles. The summed E-state index contributed by atoms with van der Waals surface area (Å²) in [5, 5.41) is 0. The fourth-order valence-electron chi connectivity index (χ4n) is 3.29. The van der Waals surface area contributed by atoms with E-state index < -0.39 is 11.2 Å². The molecular weight excluding hydrogens is 296 g/mol. The van der Waals surface area contributed by atoms with Crippen LogP contribution in [0.5, 0.6) is 0 Å². The fourth-order valence-corrected chi connectivity index (χ4v) is 3.29. The summed E-state index contributed by atoms with van der Waals surface area (Å²) >= 11 is 0. The molecule has 7 heteroatoms. The van der Waals surface area contributed by atoms with Crippen LogP contribution in [0.25, 0.3) is 0 Å². The van der Waals surface area contributed by atoms with Gasteiger partial charge in [-0.1, -0.05) is 13.3 Å². The van der Waals surface area contributed by atoms with Crippen LogP contribution in [0.4, 0.5) is 0 Å². The van der Waals surface area contributed by atoms with Gasteiger partial charge in [0.2, 0.25) is 5.91 Å². The third-order valence-corrected chi connectivity index (χ3v) is 4.55. The molecule has 1 aromatic heterocycles. The molecule has 1 aliphatic heterocycles. The number of likely N-dealkylation sites (N-methyl/N-ethyl adjacent to an activating group) is 1. The molecule has 2 atom stereocenters. The van der Waals surface area contributed by atoms with Crippen LogP contribution in [0, 0.1) is 5.92 Å². The number of aromatic nitrogens is 2. The zero-order valence-electron chi connectivity index (χ0n) is 14.1. The first kappa shape index (κ1) is 17.5. The van der Waals surface area contributed by atoms with Gasteiger partial charge in [0.05, 0.1) is 0 Å². The van der Waals surface area contributed by atoms with E-state index in [1.165, 1.54) is 16.8 Å². The highest BCUT2D eigenvalue weighted by atomic mass is 16.2. The maximum absolute atomic E-state index is 12.4. The molecule has 0 spiro atoms. The second-order valence-corrected chi connectivity index (χ2v) is 6.43. The van der Waals surface area contributed by atoms with Crippen molar-refractivity contribution in [2.45, 2.75) is 38.8 Å². The minimum absolute atomic E-state index is 0.0635. The van der Waals surface area contributed by atoms with Crippen molar-refractivity contribution in [1.29, 1.82) is 0 Å². The van der Waals surface area contributed by atoms with Gasteiger partial charge in [0.1, 0.15) is 0 Å². The molecule has 0 unspecified atom stereocenters. The van der Waals surface area contributed by atoms with Crippen molar-refractivity contribution in [1.82, 2.24) is 19.4 Å². The molecule has 2 heterocycles. The lowest BCUT2D eigenvalue weighted by atomic mass is 9.98. The van der Waals surface area contributed by atoms with Crippen LogP contribution in [-0.4, -0.2) is 58.5 Å². The molecule has 1 aromatic rings. The third kappa shape index (κ3) is 4.31. The van der Waals surface area contributed by atoms with Gasteiger partial charge in [-0.3, -0.25) is 14.6 Å². The molecule has 128 valence electrons. The van der Waals surface area contributed by atoms with E-state index in [4.69, 9.17) is 0 Å². The number of hydrogen-bond acceptors (Lipinski definition) is 4. The van der Waals surface area contributed by atoms with E-state index in [-0.39, 0.29) is 18.9 Å². The van der Waals surface area contributed by atoms with E-state index in [9.17, 15) is 14.4 Å². The Morgan fingerprint density at radius 2 is 2.09 bits per heavy atom. The zero-order chi connectivity index (χ0) is 17.0. The molecular formula is C16H26N4O3. The van der Waals surface area contributed by atoms with Crippen molar-refractivity contribution < 1.29 is 4.79 Å². The second-order valence-electron chi connectivity index (χ2n) is 6.43. The lowest BCUT2D eigenvalue weighted by Crippen LogP contribution is -2.37. The first-order chi connectivity index (χ1) is 10.9. The Morgan fingerprint density at radius 1 is 1.35 bits per heavy atom. The number of carbonyl (C=O) groups is 1. The highest BCUT2D eigenvalue weighted by Crippen LogP contribution is 2.25. The summed E-state index contributed by atoms with van der Waals surface area (Å²) in [4.78, 5) is 41.4. The number of hydrogen-bond donors (Lipinski definition) is 1. The Balaban J connectivity index is 1.95. The fraction of sp³-hybridized carbons (Fsp3) is 0.688. The van der Waals surface area contributed by atoms with Crippen LogP contribution in [-0.2, 0) is 11.3 Å². The third-order valence-electron chi connectivity index (χ3n) is 4.55. The minimum Gasteiger partial charge on any atom is -0.341 e. The van der Waals surface area contributed by atoms with E-state index >= 15 is 0 Å². The maximum atomic E-state index is 12.4. The molecule has 7 nitrogen and oxygen atoms in total. The number of H-pyrrole nitrogens is 1. The topological polar surface area (TPSA) is 78.4 Å². The largest absolute Gasteiger partial charge is 0.341 e. The van der Waals surface area contributed by atoms with Crippen molar-refractivity contribution in [3.63, 3.8) is 0 Å². The number of likely N-dealkylation sites (tertiary alicyclic amines) is 1. The first-order valence-corrected chi connectivity index (χ1v) is 8.16. The molecule has 1 fully saturated rings. The van der Waals surface area contributed by atoms with Crippen molar-refractivity contribution in [2.75, 3.05) is 27.2 Å². The predicted octanol–water partition coefficient (Wildman–Crippen LogP) is 0.115. The van der Waals surface area contributed by atoms with Crippen LogP contribution >= 0.6 is 0 Å². The quantitative estimate of drug-likeness (QED) is 0.807. The second kappa shape index (κ2) is 7.59. The summed E-state index contributed by atoms with van der Waals surface area (Å²) in [6.45, 7) is 3.99. The molecule has 0 aliphatic carbocycles. The summed E-state index contributed by atoms with van der Waals surface area (Å²) in [5.41, 5.74) is -0.893. The molecule has 0 radical (unpaired) electrons. The highest BCUT2D eigenvalue weighted by Gasteiger charge is 2.35.